The van der Waals surface area contributed by atoms with Crippen molar-refractivity contribution in [1.82, 2.24) is 0 Å². The van der Waals surface area contributed by atoms with Gasteiger partial charge in [0.25, 0.3) is 6.71 Å². The molecule has 3 aromatic rings. The van der Waals surface area contributed by atoms with Crippen LogP contribution in [0.25, 0.3) is 11.0 Å². The third kappa shape index (κ3) is 9.26. The summed E-state index contributed by atoms with van der Waals surface area (Å²) in [5, 5.41) is 1.28. The molecule has 1 aromatic heterocycles. The van der Waals surface area contributed by atoms with E-state index in [1.54, 1.807) is 11.1 Å². The number of allylic oxidation sites excluding steroid dienone is 11. The summed E-state index contributed by atoms with van der Waals surface area (Å²) in [7, 11) is 0. The van der Waals surface area contributed by atoms with Crippen molar-refractivity contribution in [2.24, 2.45) is 16.7 Å². The predicted octanol–water partition coefficient (Wildman–Crippen LogP) is 16.6. The van der Waals surface area contributed by atoms with Crippen molar-refractivity contribution >= 4 is 40.2 Å². The van der Waals surface area contributed by atoms with E-state index in [0.717, 1.165) is 48.2 Å². The van der Waals surface area contributed by atoms with Gasteiger partial charge >= 0.3 is 0 Å². The maximum Gasteiger partial charge on any atom is 0.292 e. The number of hydrogen-bond donors (Lipinski definition) is 0. The molecule has 2 aromatic carbocycles. The molecule has 3 heterocycles. The summed E-state index contributed by atoms with van der Waals surface area (Å²) in [6.07, 6.45) is 27.6. The lowest BCUT2D eigenvalue weighted by molar-refractivity contribution is 0.255. The topological polar surface area (TPSA) is 19.6 Å². The fraction of sp³-hybridized carbons (Fsp3) is 0.508. The first kappa shape index (κ1) is 50.7. The first-order valence-electron chi connectivity index (χ1n) is 26.8. The Morgan fingerprint density at radius 3 is 2.19 bits per heavy atom. The van der Waals surface area contributed by atoms with E-state index in [1.165, 1.54) is 93.3 Å². The Balaban J connectivity index is 1.43. The maximum absolute atomic E-state index is 7.63. The highest BCUT2D eigenvalue weighted by Gasteiger charge is 2.49. The van der Waals surface area contributed by atoms with E-state index in [9.17, 15) is 0 Å². The Hall–Kier alpha value is -4.70. The molecule has 3 nitrogen and oxygen atoms in total. The third-order valence-electron chi connectivity index (χ3n) is 17.5. The van der Waals surface area contributed by atoms with Crippen molar-refractivity contribution in [2.75, 3.05) is 22.9 Å². The van der Waals surface area contributed by atoms with Crippen LogP contribution in [0.3, 0.4) is 0 Å². The molecule has 0 N–H and O–H groups in total. The van der Waals surface area contributed by atoms with Crippen molar-refractivity contribution < 1.29 is 4.42 Å². The van der Waals surface area contributed by atoms with Crippen LogP contribution in [0.1, 0.15) is 179 Å². The molecule has 0 bridgehead atoms. The van der Waals surface area contributed by atoms with Gasteiger partial charge in [-0.3, -0.25) is 0 Å². The summed E-state index contributed by atoms with van der Waals surface area (Å²) in [4.78, 5) is 5.45. The average molecular weight is 923 g/mol. The highest BCUT2D eigenvalue weighted by Crippen LogP contribution is 2.54. The monoisotopic (exact) mass is 923 g/mol. The number of nitrogens with zero attached hydrogens (tertiary/aromatic N) is 2. The first-order valence-corrected chi connectivity index (χ1v) is 26.8. The molecule has 0 spiro atoms. The molecule has 0 saturated carbocycles. The zero-order valence-corrected chi connectivity index (χ0v) is 46.0. The standard InChI is InChI=1S/C65H87BN2O/c1-19-22-23-45(48(21-3)44(8)20-2)29-35-67-56(36-43(6)7)55-41-68(47-25-26-50-51(38-47)63(13,14)32-31-62(50,11)12)59-49-39-52-53(65(17,18)34-33-64(52,15)16)40-58(49)69-60(59)66(55)54-27-24-46(37-57(54)67)61(9,10)30-28-42(4)5/h20-27,29,36-37,39-40,42,47H,2-3,19,28,30-35,38,41H2,1,4-18H3/b23-22-,45-29+,48-44+. The van der Waals surface area contributed by atoms with Gasteiger partial charge in [0.1, 0.15) is 5.58 Å². The van der Waals surface area contributed by atoms with Crippen LogP contribution in [-0.4, -0.2) is 25.8 Å². The molecule has 1 atom stereocenters. The van der Waals surface area contributed by atoms with Gasteiger partial charge in [-0.1, -0.05) is 175 Å². The molecule has 0 amide bonds. The Kier molecular flexibility index (Phi) is 13.6. The second-order valence-electron chi connectivity index (χ2n) is 25.6. The summed E-state index contributed by atoms with van der Waals surface area (Å²) >= 11 is 0. The van der Waals surface area contributed by atoms with E-state index in [4.69, 9.17) is 4.42 Å². The maximum atomic E-state index is 7.63. The minimum Gasteiger partial charge on any atom is -0.468 e. The molecule has 5 aliphatic rings. The predicted molar refractivity (Wildman–Crippen MR) is 303 cm³/mol. The van der Waals surface area contributed by atoms with Gasteiger partial charge in [0.2, 0.25) is 0 Å². The summed E-state index contributed by atoms with van der Waals surface area (Å²) in [6.45, 7) is 48.2. The van der Waals surface area contributed by atoms with Gasteiger partial charge in [0.05, 0.1) is 17.4 Å². The Morgan fingerprint density at radius 2 is 1.55 bits per heavy atom. The van der Waals surface area contributed by atoms with Gasteiger partial charge in [0.15, 0.2) is 0 Å². The summed E-state index contributed by atoms with van der Waals surface area (Å²) in [5.74, 6) is 0.648. The number of furan rings is 1. The highest BCUT2D eigenvalue weighted by molar-refractivity contribution is 6.93. The van der Waals surface area contributed by atoms with Gasteiger partial charge in [-0.25, -0.2) is 0 Å². The molecule has 0 fully saturated rings. The van der Waals surface area contributed by atoms with Crippen LogP contribution in [0.4, 0.5) is 11.4 Å². The molecule has 69 heavy (non-hydrogen) atoms. The van der Waals surface area contributed by atoms with Crippen LogP contribution in [0.2, 0.25) is 0 Å². The second-order valence-corrected chi connectivity index (χ2v) is 25.6. The van der Waals surface area contributed by atoms with E-state index in [1.807, 2.05) is 12.2 Å². The number of anilines is 2. The van der Waals surface area contributed by atoms with E-state index in [0.29, 0.717) is 12.5 Å². The molecule has 366 valence electrons. The van der Waals surface area contributed by atoms with Crippen LogP contribution >= 0.6 is 0 Å². The fourth-order valence-electron chi connectivity index (χ4n) is 12.6. The minimum atomic E-state index is -0.0335. The molecule has 1 unspecified atom stereocenters. The van der Waals surface area contributed by atoms with Crippen molar-refractivity contribution in [1.29, 1.82) is 0 Å². The number of rotatable bonds is 13. The molecule has 3 aliphatic carbocycles. The first-order chi connectivity index (χ1) is 32.4. The SMILES string of the molecule is C=C/C(C)=C(C=C)/C(/C=C\CC)=C/CN1C(C=C(C)C)=C2CN(C3C=CC4=C(C3)C(C)(C)CCC4(C)C)c3c(oc4cc5c(cc34)C(C)(C)CCC5(C)C)B2c2ccc(C(C)(C)CCC(C)C)cc21. The highest BCUT2D eigenvalue weighted by atomic mass is 16.3. The molecule has 8 rings (SSSR count). The summed E-state index contributed by atoms with van der Waals surface area (Å²) in [5.41, 5.74) is 21.5. The average Bonchev–Trinajstić information content (AvgIpc) is 3.67. The quantitative estimate of drug-likeness (QED) is 0.126. The van der Waals surface area contributed by atoms with Crippen LogP contribution in [-0.2, 0) is 16.2 Å². The lowest BCUT2D eigenvalue weighted by Crippen LogP contribution is -2.59. The van der Waals surface area contributed by atoms with E-state index in [-0.39, 0.29) is 39.8 Å². The largest absolute Gasteiger partial charge is 0.468 e. The third-order valence-corrected chi connectivity index (χ3v) is 17.5. The van der Waals surface area contributed by atoms with Gasteiger partial charge in [-0.2, -0.15) is 0 Å². The van der Waals surface area contributed by atoms with E-state index in [2.05, 4.69) is 201 Å². The van der Waals surface area contributed by atoms with Gasteiger partial charge in [-0.15, -0.1) is 0 Å². The second kappa shape index (κ2) is 18.5. The smallest absolute Gasteiger partial charge is 0.292 e. The Morgan fingerprint density at radius 1 is 0.884 bits per heavy atom. The van der Waals surface area contributed by atoms with Crippen LogP contribution in [0, 0.1) is 16.7 Å². The molecule has 2 aliphatic heterocycles. The lowest BCUT2D eigenvalue weighted by Gasteiger charge is -2.49. The van der Waals surface area contributed by atoms with E-state index >= 15 is 0 Å². The van der Waals surface area contributed by atoms with Crippen molar-refractivity contribution in [3.63, 3.8) is 0 Å². The molecular weight excluding hydrogens is 836 g/mol. The molecule has 0 saturated heterocycles. The Bertz CT molecular complexity index is 2770. The minimum absolute atomic E-state index is 0.00516. The number of hydrogen-bond acceptors (Lipinski definition) is 3. The molecule has 4 heteroatoms. The Labute approximate surface area is 420 Å². The molecule has 0 radical (unpaired) electrons. The fourth-order valence-corrected chi connectivity index (χ4v) is 12.6. The van der Waals surface area contributed by atoms with Gasteiger partial charge in [-0.05, 0) is 173 Å². The lowest BCUT2D eigenvalue weighted by atomic mass is 9.35. The van der Waals surface area contributed by atoms with Gasteiger partial charge < -0.3 is 14.2 Å². The van der Waals surface area contributed by atoms with Crippen LogP contribution in [0.5, 0.6) is 0 Å². The number of fused-ring (bicyclic) bond motifs is 8. The zero-order chi connectivity index (χ0) is 50.2. The molecular formula is C65H87BN2O. The van der Waals surface area contributed by atoms with Crippen molar-refractivity contribution in [3.05, 3.63) is 153 Å². The van der Waals surface area contributed by atoms with Crippen LogP contribution in [0.15, 0.2) is 141 Å². The van der Waals surface area contributed by atoms with E-state index < -0.39 is 0 Å². The number of benzene rings is 2. The van der Waals surface area contributed by atoms with Crippen LogP contribution < -0.4 is 20.9 Å². The van der Waals surface area contributed by atoms with Crippen molar-refractivity contribution in [2.45, 2.75) is 184 Å². The van der Waals surface area contributed by atoms with Gasteiger partial charge in [0, 0.05) is 29.9 Å². The normalized spacial score (nSPS) is 21.8. The summed E-state index contributed by atoms with van der Waals surface area (Å²) in [6, 6.07) is 12.7. The zero-order valence-electron chi connectivity index (χ0n) is 46.0. The summed E-state index contributed by atoms with van der Waals surface area (Å²) < 4.78 is 7.63. The van der Waals surface area contributed by atoms with Crippen molar-refractivity contribution in [3.8, 4) is 0 Å².